The van der Waals surface area contributed by atoms with Crippen LogP contribution in [0.25, 0.3) is 11.2 Å². The maximum Gasteiger partial charge on any atom is 0.406 e. The molecule has 0 saturated carbocycles. The highest BCUT2D eigenvalue weighted by Gasteiger charge is 2.28. The van der Waals surface area contributed by atoms with Gasteiger partial charge in [0.1, 0.15) is 12.1 Å². The molecule has 0 atom stereocenters. The second-order valence-electron chi connectivity index (χ2n) is 3.48. The normalized spacial score (nSPS) is 12.2. The zero-order chi connectivity index (χ0) is 11.8. The van der Waals surface area contributed by atoms with Crippen LogP contribution in [0.1, 0.15) is 12.5 Å². The van der Waals surface area contributed by atoms with Crippen molar-refractivity contribution in [2.45, 2.75) is 26.1 Å². The van der Waals surface area contributed by atoms with E-state index in [4.69, 9.17) is 0 Å². The van der Waals surface area contributed by atoms with Crippen LogP contribution < -0.4 is 0 Å². The molecular weight excluding hydrogens is 219 g/mol. The molecule has 0 aromatic carbocycles. The quantitative estimate of drug-likeness (QED) is 0.792. The van der Waals surface area contributed by atoms with Crippen molar-refractivity contribution in [3.8, 4) is 0 Å². The lowest BCUT2D eigenvalue weighted by atomic mass is 10.2. The van der Waals surface area contributed by atoms with Crippen molar-refractivity contribution in [3.63, 3.8) is 0 Å². The number of halogens is 3. The molecule has 0 bridgehead atoms. The van der Waals surface area contributed by atoms with Gasteiger partial charge in [-0.1, -0.05) is 6.92 Å². The monoisotopic (exact) mass is 229 g/mol. The Balaban J connectivity index is 2.49. The summed E-state index contributed by atoms with van der Waals surface area (Å²) >= 11 is 0. The zero-order valence-corrected chi connectivity index (χ0v) is 8.62. The number of hydrogen-bond donors (Lipinski definition) is 0. The first-order chi connectivity index (χ1) is 7.51. The van der Waals surface area contributed by atoms with E-state index in [1.54, 1.807) is 6.07 Å². The van der Waals surface area contributed by atoms with E-state index < -0.39 is 12.7 Å². The van der Waals surface area contributed by atoms with Gasteiger partial charge in [-0.15, -0.1) is 0 Å². The Morgan fingerprint density at radius 3 is 2.69 bits per heavy atom. The van der Waals surface area contributed by atoms with Gasteiger partial charge < -0.3 is 4.57 Å². The van der Waals surface area contributed by atoms with E-state index in [1.165, 1.54) is 12.5 Å². The second kappa shape index (κ2) is 3.77. The first-order valence-electron chi connectivity index (χ1n) is 4.86. The van der Waals surface area contributed by atoms with Gasteiger partial charge in [-0.25, -0.2) is 9.97 Å². The van der Waals surface area contributed by atoms with Crippen LogP contribution in [-0.4, -0.2) is 20.7 Å². The second-order valence-corrected chi connectivity index (χ2v) is 3.48. The number of alkyl halides is 3. The molecule has 86 valence electrons. The van der Waals surface area contributed by atoms with Gasteiger partial charge in [-0.2, -0.15) is 13.2 Å². The number of hydrogen-bond acceptors (Lipinski definition) is 2. The fourth-order valence-corrected chi connectivity index (χ4v) is 1.61. The van der Waals surface area contributed by atoms with Crippen molar-refractivity contribution in [1.29, 1.82) is 0 Å². The molecule has 3 nitrogen and oxygen atoms in total. The smallest absolute Gasteiger partial charge is 0.306 e. The van der Waals surface area contributed by atoms with E-state index in [2.05, 4.69) is 9.97 Å². The Morgan fingerprint density at radius 2 is 2.06 bits per heavy atom. The van der Waals surface area contributed by atoms with E-state index in [9.17, 15) is 13.2 Å². The molecule has 16 heavy (non-hydrogen) atoms. The third-order valence-corrected chi connectivity index (χ3v) is 2.32. The molecule has 0 amide bonds. The van der Waals surface area contributed by atoms with Gasteiger partial charge in [0.15, 0.2) is 5.65 Å². The maximum absolute atomic E-state index is 12.3. The molecule has 0 spiro atoms. The molecule has 2 aromatic heterocycles. The molecule has 2 rings (SSSR count). The highest BCUT2D eigenvalue weighted by atomic mass is 19.4. The van der Waals surface area contributed by atoms with Crippen molar-refractivity contribution >= 4 is 11.2 Å². The fraction of sp³-hybridized carbons (Fsp3) is 0.400. The minimum absolute atomic E-state index is 0.289. The Bertz CT molecular complexity index is 501. The van der Waals surface area contributed by atoms with E-state index in [0.29, 0.717) is 5.52 Å². The van der Waals surface area contributed by atoms with Crippen molar-refractivity contribution in [1.82, 2.24) is 14.5 Å². The molecule has 0 N–H and O–H groups in total. The maximum atomic E-state index is 12.3. The van der Waals surface area contributed by atoms with E-state index in [0.717, 1.165) is 16.6 Å². The SMILES string of the molecule is CCc1ccnc2c1ncn2CC(F)(F)F. The van der Waals surface area contributed by atoms with Gasteiger partial charge in [-0.05, 0) is 18.1 Å². The van der Waals surface area contributed by atoms with E-state index in [1.807, 2.05) is 6.92 Å². The lowest BCUT2D eigenvalue weighted by Crippen LogP contribution is -2.17. The minimum Gasteiger partial charge on any atom is -0.306 e. The summed E-state index contributed by atoms with van der Waals surface area (Å²) in [5, 5.41) is 0. The fourth-order valence-electron chi connectivity index (χ4n) is 1.61. The van der Waals surface area contributed by atoms with Crippen molar-refractivity contribution in [2.75, 3.05) is 0 Å². The summed E-state index contributed by atoms with van der Waals surface area (Å²) in [6, 6.07) is 1.77. The topological polar surface area (TPSA) is 30.7 Å². The predicted molar refractivity (Wildman–Crippen MR) is 53.0 cm³/mol. The molecule has 2 heterocycles. The van der Waals surface area contributed by atoms with Crippen LogP contribution in [0.4, 0.5) is 13.2 Å². The van der Waals surface area contributed by atoms with Gasteiger partial charge in [-0.3, -0.25) is 0 Å². The van der Waals surface area contributed by atoms with Gasteiger partial charge in [0.2, 0.25) is 0 Å². The van der Waals surface area contributed by atoms with Crippen molar-refractivity contribution < 1.29 is 13.2 Å². The summed E-state index contributed by atoms with van der Waals surface area (Å²) < 4.78 is 37.8. The number of imidazole rings is 1. The summed E-state index contributed by atoms with van der Waals surface area (Å²) in [7, 11) is 0. The van der Waals surface area contributed by atoms with E-state index >= 15 is 0 Å². The van der Waals surface area contributed by atoms with Crippen LogP contribution in [-0.2, 0) is 13.0 Å². The Labute approximate surface area is 89.9 Å². The number of fused-ring (bicyclic) bond motifs is 1. The lowest BCUT2D eigenvalue weighted by molar-refractivity contribution is -0.140. The summed E-state index contributed by atoms with van der Waals surface area (Å²) in [5.41, 5.74) is 1.75. The van der Waals surface area contributed by atoms with Crippen LogP contribution in [0, 0.1) is 0 Å². The molecule has 6 heteroatoms. The average molecular weight is 229 g/mol. The average Bonchev–Trinajstić information content (AvgIpc) is 2.59. The summed E-state index contributed by atoms with van der Waals surface area (Å²) in [5.74, 6) is 0. The van der Waals surface area contributed by atoms with Crippen LogP contribution in [0.2, 0.25) is 0 Å². The molecule has 0 aliphatic heterocycles. The van der Waals surface area contributed by atoms with Crippen LogP contribution >= 0.6 is 0 Å². The van der Waals surface area contributed by atoms with Crippen LogP contribution in [0.3, 0.4) is 0 Å². The minimum atomic E-state index is -4.25. The number of pyridine rings is 1. The lowest BCUT2D eigenvalue weighted by Gasteiger charge is -2.07. The molecular formula is C10H10F3N3. The molecule has 0 unspecified atom stereocenters. The third kappa shape index (κ3) is 2.00. The van der Waals surface area contributed by atoms with Gasteiger partial charge in [0, 0.05) is 6.20 Å². The summed E-state index contributed by atoms with van der Waals surface area (Å²) in [4.78, 5) is 7.91. The Kier molecular flexibility index (Phi) is 2.57. The van der Waals surface area contributed by atoms with Crippen molar-refractivity contribution in [2.24, 2.45) is 0 Å². The number of rotatable bonds is 2. The van der Waals surface area contributed by atoms with Crippen LogP contribution in [0.5, 0.6) is 0 Å². The van der Waals surface area contributed by atoms with Gasteiger partial charge in [0.05, 0.1) is 6.33 Å². The molecule has 0 radical (unpaired) electrons. The summed E-state index contributed by atoms with van der Waals surface area (Å²) in [6.07, 6.45) is -0.834. The number of nitrogens with zero attached hydrogens (tertiary/aromatic N) is 3. The third-order valence-electron chi connectivity index (χ3n) is 2.32. The molecule has 2 aromatic rings. The molecule has 0 aliphatic rings. The Morgan fingerprint density at radius 1 is 1.31 bits per heavy atom. The first-order valence-corrected chi connectivity index (χ1v) is 4.86. The van der Waals surface area contributed by atoms with E-state index in [-0.39, 0.29) is 5.65 Å². The number of aromatic nitrogens is 3. The molecule has 0 saturated heterocycles. The standard InChI is InChI=1S/C10H10F3N3/c1-2-7-3-4-14-9-8(7)15-6-16(9)5-10(11,12)13/h3-4,6H,2,5H2,1H3. The predicted octanol–water partition coefficient (Wildman–Crippen LogP) is 2.56. The number of aryl methyl sites for hydroxylation is 1. The molecule has 0 aliphatic carbocycles. The largest absolute Gasteiger partial charge is 0.406 e. The zero-order valence-electron chi connectivity index (χ0n) is 8.62. The van der Waals surface area contributed by atoms with Gasteiger partial charge >= 0.3 is 6.18 Å². The van der Waals surface area contributed by atoms with Crippen molar-refractivity contribution in [3.05, 3.63) is 24.2 Å². The van der Waals surface area contributed by atoms with Crippen LogP contribution in [0.15, 0.2) is 18.6 Å². The molecule has 0 fully saturated rings. The Hall–Kier alpha value is -1.59. The van der Waals surface area contributed by atoms with Gasteiger partial charge in [0.25, 0.3) is 0 Å². The highest BCUT2D eigenvalue weighted by Crippen LogP contribution is 2.21. The highest BCUT2D eigenvalue weighted by molar-refractivity contribution is 5.74. The first kappa shape index (κ1) is 10.9. The summed E-state index contributed by atoms with van der Waals surface area (Å²) in [6.45, 7) is 0.876.